The van der Waals surface area contributed by atoms with Crippen molar-refractivity contribution in [2.75, 3.05) is 6.61 Å². The Labute approximate surface area is 79.9 Å². The van der Waals surface area contributed by atoms with Crippen molar-refractivity contribution < 1.29 is 19.4 Å². The van der Waals surface area contributed by atoms with Crippen molar-refractivity contribution in [3.05, 3.63) is 17.0 Å². The van der Waals surface area contributed by atoms with Crippen LogP contribution in [0.3, 0.4) is 0 Å². The molecule has 0 aliphatic carbocycles. The number of hydrogen-bond donors (Lipinski definition) is 2. The van der Waals surface area contributed by atoms with Crippen molar-refractivity contribution in [1.82, 2.24) is 10.2 Å². The molecule has 0 fully saturated rings. The molecule has 6 heteroatoms. The summed E-state index contributed by atoms with van der Waals surface area (Å²) in [5, 5.41) is 14.5. The van der Waals surface area contributed by atoms with Gasteiger partial charge >= 0.3 is 11.9 Å². The topological polar surface area (TPSA) is 92.3 Å². The van der Waals surface area contributed by atoms with Gasteiger partial charge in [-0.2, -0.15) is 5.10 Å². The lowest BCUT2D eigenvalue weighted by atomic mass is 10.2. The third-order valence-corrected chi connectivity index (χ3v) is 1.69. The van der Waals surface area contributed by atoms with Crippen molar-refractivity contribution in [2.24, 2.45) is 0 Å². The number of H-pyrrole nitrogens is 1. The molecule has 1 heterocycles. The summed E-state index contributed by atoms with van der Waals surface area (Å²) in [7, 11) is 0. The maximum atomic E-state index is 11.2. The second-order valence-electron chi connectivity index (χ2n) is 2.60. The van der Waals surface area contributed by atoms with Crippen LogP contribution >= 0.6 is 0 Å². The van der Waals surface area contributed by atoms with Crippen molar-refractivity contribution in [2.45, 2.75) is 13.8 Å². The van der Waals surface area contributed by atoms with Gasteiger partial charge < -0.3 is 9.84 Å². The molecule has 0 bridgehead atoms. The number of rotatable bonds is 3. The molecule has 6 nitrogen and oxygen atoms in total. The van der Waals surface area contributed by atoms with E-state index in [4.69, 9.17) is 9.84 Å². The summed E-state index contributed by atoms with van der Waals surface area (Å²) in [5.74, 6) is -1.76. The molecule has 1 rings (SSSR count). The number of aromatic amines is 1. The van der Waals surface area contributed by atoms with Crippen LogP contribution in [0.15, 0.2) is 0 Å². The predicted octanol–water partition coefficient (Wildman–Crippen LogP) is 0.593. The number of carboxylic acid groups (broad SMARTS) is 1. The Morgan fingerprint density at radius 1 is 1.57 bits per heavy atom. The van der Waals surface area contributed by atoms with Crippen LogP contribution in [0.1, 0.15) is 33.5 Å². The van der Waals surface area contributed by atoms with Gasteiger partial charge in [-0.25, -0.2) is 9.59 Å². The lowest BCUT2D eigenvalue weighted by Gasteiger charge is -1.98. The third kappa shape index (κ3) is 1.73. The zero-order valence-electron chi connectivity index (χ0n) is 7.83. The SMILES string of the molecule is CCOC(=O)c1[nH]nc(C(=O)O)c1C. The summed E-state index contributed by atoms with van der Waals surface area (Å²) < 4.78 is 4.70. The highest BCUT2D eigenvalue weighted by atomic mass is 16.5. The second-order valence-corrected chi connectivity index (χ2v) is 2.60. The van der Waals surface area contributed by atoms with Gasteiger partial charge in [0, 0.05) is 5.56 Å². The minimum absolute atomic E-state index is 0.0873. The number of aromatic carboxylic acids is 1. The molecule has 14 heavy (non-hydrogen) atoms. The van der Waals surface area contributed by atoms with Crippen LogP contribution in [0, 0.1) is 6.92 Å². The van der Waals surface area contributed by atoms with E-state index in [1.807, 2.05) is 0 Å². The zero-order chi connectivity index (χ0) is 10.7. The number of ether oxygens (including phenoxy) is 1. The van der Waals surface area contributed by atoms with Crippen LogP contribution in [0.25, 0.3) is 0 Å². The van der Waals surface area contributed by atoms with E-state index >= 15 is 0 Å². The fraction of sp³-hybridized carbons (Fsp3) is 0.375. The molecule has 0 spiro atoms. The normalized spacial score (nSPS) is 9.86. The predicted molar refractivity (Wildman–Crippen MR) is 46.2 cm³/mol. The van der Waals surface area contributed by atoms with E-state index in [-0.39, 0.29) is 23.6 Å². The van der Waals surface area contributed by atoms with Gasteiger partial charge in [0.05, 0.1) is 6.61 Å². The zero-order valence-corrected chi connectivity index (χ0v) is 7.83. The fourth-order valence-corrected chi connectivity index (χ4v) is 1.01. The minimum atomic E-state index is -1.17. The van der Waals surface area contributed by atoms with Crippen LogP contribution in [0.4, 0.5) is 0 Å². The molecule has 0 amide bonds. The maximum Gasteiger partial charge on any atom is 0.356 e. The van der Waals surface area contributed by atoms with Crippen LogP contribution in [-0.4, -0.2) is 33.8 Å². The van der Waals surface area contributed by atoms with Gasteiger partial charge in [0.2, 0.25) is 0 Å². The number of carboxylic acids is 1. The molecular formula is C8H10N2O4. The molecule has 2 N–H and O–H groups in total. The lowest BCUT2D eigenvalue weighted by Crippen LogP contribution is -2.07. The van der Waals surface area contributed by atoms with Crippen molar-refractivity contribution in [3.63, 3.8) is 0 Å². The van der Waals surface area contributed by atoms with Gasteiger partial charge in [0.25, 0.3) is 0 Å². The molecule has 1 aromatic heterocycles. The first-order chi connectivity index (χ1) is 6.57. The molecular weight excluding hydrogens is 188 g/mol. The van der Waals surface area contributed by atoms with Crippen molar-refractivity contribution in [3.8, 4) is 0 Å². The monoisotopic (exact) mass is 198 g/mol. The molecule has 76 valence electrons. The molecule has 0 aliphatic rings. The summed E-state index contributed by atoms with van der Waals surface area (Å²) in [6.07, 6.45) is 0. The van der Waals surface area contributed by atoms with Crippen LogP contribution in [0.2, 0.25) is 0 Å². The molecule has 0 saturated carbocycles. The summed E-state index contributed by atoms with van der Waals surface area (Å²) in [6, 6.07) is 0. The Balaban J connectivity index is 3.00. The maximum absolute atomic E-state index is 11.2. The minimum Gasteiger partial charge on any atom is -0.476 e. The van der Waals surface area contributed by atoms with E-state index < -0.39 is 11.9 Å². The molecule has 0 unspecified atom stereocenters. The number of nitrogens with one attached hydrogen (secondary N) is 1. The van der Waals surface area contributed by atoms with E-state index in [1.54, 1.807) is 6.92 Å². The van der Waals surface area contributed by atoms with Gasteiger partial charge in [-0.3, -0.25) is 5.10 Å². The summed E-state index contributed by atoms with van der Waals surface area (Å²) in [4.78, 5) is 21.8. The average molecular weight is 198 g/mol. The fourth-order valence-electron chi connectivity index (χ4n) is 1.01. The highest BCUT2D eigenvalue weighted by Crippen LogP contribution is 2.10. The first-order valence-corrected chi connectivity index (χ1v) is 4.03. The highest BCUT2D eigenvalue weighted by molar-refractivity contribution is 5.94. The van der Waals surface area contributed by atoms with Gasteiger partial charge in [0.15, 0.2) is 5.69 Å². The number of hydrogen-bond acceptors (Lipinski definition) is 4. The molecule has 0 atom stereocenters. The smallest absolute Gasteiger partial charge is 0.356 e. The standard InChI is InChI=1S/C8H10N2O4/c1-3-14-8(13)6-4(2)5(7(11)12)9-10-6/h3H2,1-2H3,(H,9,10)(H,11,12). The number of nitrogens with zero attached hydrogens (tertiary/aromatic N) is 1. The summed E-state index contributed by atoms with van der Waals surface area (Å²) >= 11 is 0. The van der Waals surface area contributed by atoms with Gasteiger partial charge in [0.1, 0.15) is 5.69 Å². The second kappa shape index (κ2) is 3.91. The number of carbonyl (C=O) groups is 2. The Morgan fingerprint density at radius 2 is 2.21 bits per heavy atom. The largest absolute Gasteiger partial charge is 0.476 e. The van der Waals surface area contributed by atoms with E-state index in [0.717, 1.165) is 0 Å². The van der Waals surface area contributed by atoms with Crippen LogP contribution in [0.5, 0.6) is 0 Å². The van der Waals surface area contributed by atoms with E-state index in [2.05, 4.69) is 10.2 Å². The van der Waals surface area contributed by atoms with Crippen molar-refractivity contribution >= 4 is 11.9 Å². The highest BCUT2D eigenvalue weighted by Gasteiger charge is 2.20. The summed E-state index contributed by atoms with van der Waals surface area (Å²) in [5.41, 5.74) is 0.216. The first-order valence-electron chi connectivity index (χ1n) is 4.03. The van der Waals surface area contributed by atoms with E-state index in [1.165, 1.54) is 6.92 Å². The molecule has 1 aromatic rings. The van der Waals surface area contributed by atoms with Gasteiger partial charge in [-0.15, -0.1) is 0 Å². The van der Waals surface area contributed by atoms with Crippen LogP contribution in [-0.2, 0) is 4.74 Å². The average Bonchev–Trinajstić information content (AvgIpc) is 2.47. The molecule has 0 saturated heterocycles. The summed E-state index contributed by atoms with van der Waals surface area (Å²) in [6.45, 7) is 3.40. The van der Waals surface area contributed by atoms with E-state index in [0.29, 0.717) is 0 Å². The van der Waals surface area contributed by atoms with Gasteiger partial charge in [-0.05, 0) is 13.8 Å². The van der Waals surface area contributed by atoms with Crippen molar-refractivity contribution in [1.29, 1.82) is 0 Å². The molecule has 0 aromatic carbocycles. The molecule has 0 radical (unpaired) electrons. The van der Waals surface area contributed by atoms with E-state index in [9.17, 15) is 9.59 Å². The Kier molecular flexibility index (Phi) is 2.85. The van der Waals surface area contributed by atoms with Crippen LogP contribution < -0.4 is 0 Å². The Hall–Kier alpha value is -1.85. The Morgan fingerprint density at radius 3 is 2.64 bits per heavy atom. The Bertz CT molecular complexity index is 369. The number of carbonyl (C=O) groups excluding carboxylic acids is 1. The quantitative estimate of drug-likeness (QED) is 0.693. The number of esters is 1. The molecule has 0 aliphatic heterocycles. The first kappa shape index (κ1) is 10.2. The van der Waals surface area contributed by atoms with Gasteiger partial charge in [-0.1, -0.05) is 0 Å². The lowest BCUT2D eigenvalue weighted by molar-refractivity contribution is 0.0518. The third-order valence-electron chi connectivity index (χ3n) is 1.69. The number of aromatic nitrogens is 2.